The lowest BCUT2D eigenvalue weighted by Gasteiger charge is -2.06. The third kappa shape index (κ3) is 5.41. The second-order valence-corrected chi connectivity index (χ2v) is 9.12. The molecule has 0 aliphatic rings. The van der Waals surface area contributed by atoms with Gasteiger partial charge in [-0.25, -0.2) is 0 Å². The van der Waals surface area contributed by atoms with Gasteiger partial charge in [-0.2, -0.15) is 9.50 Å². The molecule has 0 atom stereocenters. The largest absolute Gasteiger partial charge is 0.494 e. The molecule has 3 aromatic carbocycles. The Morgan fingerprint density at radius 3 is 2.34 bits per heavy atom. The minimum atomic E-state index is -0.173. The molecule has 6 nitrogen and oxygen atoms in total. The van der Waals surface area contributed by atoms with E-state index in [-0.39, 0.29) is 5.56 Å². The summed E-state index contributed by atoms with van der Waals surface area (Å²) < 4.78 is 13.5. The summed E-state index contributed by atoms with van der Waals surface area (Å²) in [4.78, 5) is 18.0. The van der Waals surface area contributed by atoms with Gasteiger partial charge in [0, 0.05) is 5.56 Å². The van der Waals surface area contributed by atoms with Gasteiger partial charge < -0.3 is 9.47 Å². The number of rotatable bonds is 9. The summed E-state index contributed by atoms with van der Waals surface area (Å²) in [5, 5.41) is 4.44. The number of unbranched alkanes of at least 4 members (excludes halogenated alkanes) is 1. The normalized spacial score (nSPS) is 11.7. The third-order valence-electron chi connectivity index (χ3n) is 5.49. The summed E-state index contributed by atoms with van der Waals surface area (Å²) in [5.74, 6) is 2.13. The molecule has 0 saturated carbocycles. The van der Waals surface area contributed by atoms with Crippen LogP contribution >= 0.6 is 11.3 Å². The van der Waals surface area contributed by atoms with Crippen LogP contribution < -0.4 is 19.6 Å². The van der Waals surface area contributed by atoms with E-state index in [4.69, 9.17) is 9.47 Å². The fourth-order valence-corrected chi connectivity index (χ4v) is 4.45. The number of fused-ring (bicyclic) bond motifs is 1. The van der Waals surface area contributed by atoms with E-state index < -0.39 is 0 Å². The molecule has 0 amide bonds. The molecule has 2 aromatic heterocycles. The van der Waals surface area contributed by atoms with Crippen molar-refractivity contribution in [2.75, 3.05) is 6.61 Å². The lowest BCUT2D eigenvalue weighted by Crippen LogP contribution is -2.23. The minimum Gasteiger partial charge on any atom is -0.494 e. The Bertz CT molecular complexity index is 1510. The monoisotopic (exact) mass is 483 g/mol. The van der Waals surface area contributed by atoms with Gasteiger partial charge in [0.05, 0.1) is 11.1 Å². The number of hydrogen-bond donors (Lipinski definition) is 0. The van der Waals surface area contributed by atoms with Crippen LogP contribution in [-0.2, 0) is 6.61 Å². The summed E-state index contributed by atoms with van der Waals surface area (Å²) in [6, 6.07) is 25.4. The highest BCUT2D eigenvalue weighted by Crippen LogP contribution is 2.21. The van der Waals surface area contributed by atoms with Crippen LogP contribution in [0.25, 0.3) is 22.4 Å². The maximum Gasteiger partial charge on any atom is 0.291 e. The number of thiazole rings is 1. The molecule has 0 N–H and O–H groups in total. The Morgan fingerprint density at radius 1 is 0.914 bits per heavy atom. The molecule has 0 aliphatic heterocycles. The molecule has 5 aromatic rings. The number of hydrogen-bond acceptors (Lipinski definition) is 6. The molecule has 0 saturated heterocycles. The Labute approximate surface area is 207 Å². The predicted molar refractivity (Wildman–Crippen MR) is 139 cm³/mol. The van der Waals surface area contributed by atoms with E-state index in [9.17, 15) is 4.79 Å². The van der Waals surface area contributed by atoms with Gasteiger partial charge in [-0.3, -0.25) is 4.79 Å². The zero-order valence-electron chi connectivity index (χ0n) is 19.4. The number of nitrogens with zero attached hydrogens (tertiary/aromatic N) is 3. The zero-order valence-corrected chi connectivity index (χ0v) is 20.2. The van der Waals surface area contributed by atoms with E-state index in [2.05, 4.69) is 17.0 Å². The van der Waals surface area contributed by atoms with Crippen molar-refractivity contribution in [2.24, 2.45) is 0 Å². The van der Waals surface area contributed by atoms with E-state index in [0.29, 0.717) is 28.5 Å². The van der Waals surface area contributed by atoms with Crippen molar-refractivity contribution in [1.29, 1.82) is 0 Å². The van der Waals surface area contributed by atoms with Crippen molar-refractivity contribution in [2.45, 2.75) is 26.4 Å². The zero-order chi connectivity index (χ0) is 24.0. The van der Waals surface area contributed by atoms with Crippen molar-refractivity contribution >= 4 is 22.4 Å². The highest BCUT2D eigenvalue weighted by molar-refractivity contribution is 7.15. The van der Waals surface area contributed by atoms with Crippen molar-refractivity contribution in [1.82, 2.24) is 14.6 Å². The van der Waals surface area contributed by atoms with Crippen LogP contribution in [0, 0.1) is 0 Å². The second kappa shape index (κ2) is 10.5. The highest BCUT2D eigenvalue weighted by Gasteiger charge is 2.12. The van der Waals surface area contributed by atoms with Crippen LogP contribution in [0.1, 0.15) is 30.9 Å². The minimum absolute atomic E-state index is 0.173. The Balaban J connectivity index is 1.30. The van der Waals surface area contributed by atoms with Crippen molar-refractivity contribution in [3.05, 3.63) is 105 Å². The van der Waals surface area contributed by atoms with Crippen molar-refractivity contribution in [3.8, 4) is 22.9 Å². The van der Waals surface area contributed by atoms with Crippen LogP contribution in [-0.4, -0.2) is 21.2 Å². The quantitative estimate of drug-likeness (QED) is 0.272. The molecule has 176 valence electrons. The van der Waals surface area contributed by atoms with Gasteiger partial charge in [0.2, 0.25) is 4.96 Å². The standard InChI is InChI=1S/C28H25N3O3S/c1-2-3-17-33-23-15-11-22(12-16-23)26-29-28-31(30-26)27(32)25(35-28)18-20-9-13-24(14-10-20)34-19-21-7-5-4-6-8-21/h4-16,18H,2-3,17,19H2,1H3. The first-order chi connectivity index (χ1) is 17.2. The summed E-state index contributed by atoms with van der Waals surface area (Å²) in [6.07, 6.45) is 3.98. The van der Waals surface area contributed by atoms with Gasteiger partial charge in [0.25, 0.3) is 5.56 Å². The maximum absolute atomic E-state index is 12.9. The second-order valence-electron chi connectivity index (χ2n) is 8.12. The van der Waals surface area contributed by atoms with Gasteiger partial charge in [-0.15, -0.1) is 5.10 Å². The molecular weight excluding hydrogens is 458 g/mol. The SMILES string of the molecule is CCCCOc1ccc(-c2nc3sc(=Cc4ccc(OCc5ccccc5)cc4)c(=O)n3n2)cc1. The van der Waals surface area contributed by atoms with Gasteiger partial charge >= 0.3 is 0 Å². The first kappa shape index (κ1) is 22.8. The fourth-order valence-electron chi connectivity index (χ4n) is 3.54. The van der Waals surface area contributed by atoms with E-state index in [1.165, 1.54) is 15.9 Å². The van der Waals surface area contributed by atoms with E-state index in [0.717, 1.165) is 41.0 Å². The molecule has 0 radical (unpaired) electrons. The smallest absolute Gasteiger partial charge is 0.291 e. The molecule has 0 aliphatic carbocycles. The summed E-state index contributed by atoms with van der Waals surface area (Å²) >= 11 is 1.33. The van der Waals surface area contributed by atoms with Crippen LogP contribution in [0.5, 0.6) is 11.5 Å². The molecular formula is C28H25N3O3S. The van der Waals surface area contributed by atoms with Crippen LogP contribution in [0.15, 0.2) is 83.7 Å². The van der Waals surface area contributed by atoms with Crippen molar-refractivity contribution in [3.63, 3.8) is 0 Å². The summed E-state index contributed by atoms with van der Waals surface area (Å²) in [5.41, 5.74) is 2.70. The third-order valence-corrected chi connectivity index (χ3v) is 6.45. The molecule has 0 bridgehead atoms. The summed E-state index contributed by atoms with van der Waals surface area (Å²) in [6.45, 7) is 3.35. The van der Waals surface area contributed by atoms with E-state index >= 15 is 0 Å². The number of ether oxygens (including phenoxy) is 2. The van der Waals surface area contributed by atoms with E-state index in [1.54, 1.807) is 0 Å². The average Bonchev–Trinajstić information content (AvgIpc) is 3.44. The van der Waals surface area contributed by atoms with E-state index in [1.807, 2.05) is 84.9 Å². The molecule has 0 unspecified atom stereocenters. The van der Waals surface area contributed by atoms with Crippen LogP contribution in [0.3, 0.4) is 0 Å². The molecule has 7 heteroatoms. The van der Waals surface area contributed by atoms with Crippen molar-refractivity contribution < 1.29 is 9.47 Å². The number of benzene rings is 3. The molecule has 0 fully saturated rings. The predicted octanol–water partition coefficient (Wildman–Crippen LogP) is 5.12. The molecule has 5 rings (SSSR count). The highest BCUT2D eigenvalue weighted by atomic mass is 32.1. The van der Waals surface area contributed by atoms with Gasteiger partial charge in [0.1, 0.15) is 18.1 Å². The number of aromatic nitrogens is 3. The van der Waals surface area contributed by atoms with Gasteiger partial charge in [-0.1, -0.05) is 67.1 Å². The fraction of sp³-hybridized carbons (Fsp3) is 0.179. The average molecular weight is 484 g/mol. The Hall–Kier alpha value is -3.97. The first-order valence-corrected chi connectivity index (χ1v) is 12.4. The van der Waals surface area contributed by atoms with Crippen LogP contribution in [0.2, 0.25) is 0 Å². The lowest BCUT2D eigenvalue weighted by atomic mass is 10.2. The topological polar surface area (TPSA) is 65.7 Å². The van der Waals surface area contributed by atoms with Gasteiger partial charge in [-0.05, 0) is 60.0 Å². The summed E-state index contributed by atoms with van der Waals surface area (Å²) in [7, 11) is 0. The lowest BCUT2D eigenvalue weighted by molar-refractivity contribution is 0.306. The maximum atomic E-state index is 12.9. The van der Waals surface area contributed by atoms with Gasteiger partial charge in [0.15, 0.2) is 5.82 Å². The molecule has 35 heavy (non-hydrogen) atoms. The Kier molecular flexibility index (Phi) is 6.86. The molecule has 2 heterocycles. The Morgan fingerprint density at radius 2 is 1.63 bits per heavy atom. The molecule has 0 spiro atoms. The first-order valence-electron chi connectivity index (χ1n) is 11.6. The van der Waals surface area contributed by atoms with Crippen LogP contribution in [0.4, 0.5) is 0 Å².